The van der Waals surface area contributed by atoms with Crippen molar-refractivity contribution in [1.82, 2.24) is 0 Å². The number of methoxy groups -OCH3 is 1. The molecule has 2 heteroatoms. The van der Waals surface area contributed by atoms with Crippen molar-refractivity contribution in [3.05, 3.63) is 11.6 Å². The monoisotopic (exact) mass is 182 g/mol. The molecule has 0 radical (unpaired) electrons. The summed E-state index contributed by atoms with van der Waals surface area (Å²) in [7, 11) is 1.43. The fourth-order valence-corrected chi connectivity index (χ4v) is 1.96. The van der Waals surface area contributed by atoms with Crippen molar-refractivity contribution in [3.63, 3.8) is 0 Å². The Labute approximate surface area is 80.0 Å². The van der Waals surface area contributed by atoms with Crippen molar-refractivity contribution in [2.45, 2.75) is 33.1 Å². The van der Waals surface area contributed by atoms with Crippen molar-refractivity contribution in [2.75, 3.05) is 7.11 Å². The molecule has 0 aromatic rings. The lowest BCUT2D eigenvalue weighted by atomic mass is 9.79. The maximum atomic E-state index is 11.0. The molecular weight excluding hydrogens is 164 g/mol. The molecule has 74 valence electrons. The van der Waals surface area contributed by atoms with Gasteiger partial charge in [-0.3, -0.25) is 0 Å². The smallest absolute Gasteiger partial charge is 0.330 e. The van der Waals surface area contributed by atoms with Gasteiger partial charge in [0.2, 0.25) is 0 Å². The predicted octanol–water partition coefficient (Wildman–Crippen LogP) is 2.54. The van der Waals surface area contributed by atoms with Crippen LogP contribution in [0.15, 0.2) is 11.6 Å². The standard InChI is InChI=1S/C11H18O2/c1-8-4-5-10(9(2)6-8)7-11(12)13-3/h7-9H,4-6H2,1-3H3/b10-7-. The molecule has 1 aliphatic carbocycles. The van der Waals surface area contributed by atoms with Gasteiger partial charge < -0.3 is 4.74 Å². The zero-order valence-corrected chi connectivity index (χ0v) is 8.67. The number of carbonyl (C=O) groups is 1. The highest BCUT2D eigenvalue weighted by atomic mass is 16.5. The summed E-state index contributed by atoms with van der Waals surface area (Å²) < 4.78 is 4.61. The molecule has 1 rings (SSSR count). The van der Waals surface area contributed by atoms with Gasteiger partial charge in [-0.15, -0.1) is 0 Å². The zero-order valence-electron chi connectivity index (χ0n) is 8.67. The topological polar surface area (TPSA) is 26.3 Å². The van der Waals surface area contributed by atoms with Crippen molar-refractivity contribution in [2.24, 2.45) is 11.8 Å². The number of esters is 1. The third-order valence-electron chi connectivity index (χ3n) is 2.82. The lowest BCUT2D eigenvalue weighted by molar-refractivity contribution is -0.134. The third kappa shape index (κ3) is 2.87. The lowest BCUT2D eigenvalue weighted by Crippen LogP contribution is -2.14. The van der Waals surface area contributed by atoms with Crippen LogP contribution in [0.25, 0.3) is 0 Å². The summed E-state index contributed by atoms with van der Waals surface area (Å²) in [4.78, 5) is 11.0. The normalized spacial score (nSPS) is 31.8. The number of allylic oxidation sites excluding steroid dienone is 1. The Kier molecular flexibility index (Phi) is 3.52. The molecule has 1 saturated carbocycles. The first-order chi connectivity index (χ1) is 6.13. The van der Waals surface area contributed by atoms with E-state index in [0.717, 1.165) is 12.3 Å². The molecule has 0 aliphatic heterocycles. The average molecular weight is 182 g/mol. The lowest BCUT2D eigenvalue weighted by Gasteiger charge is -2.26. The second-order valence-electron chi connectivity index (χ2n) is 4.02. The number of ether oxygens (including phenoxy) is 1. The molecule has 2 atom stereocenters. The summed E-state index contributed by atoms with van der Waals surface area (Å²) in [5.74, 6) is 1.13. The largest absolute Gasteiger partial charge is 0.466 e. The molecule has 2 nitrogen and oxygen atoms in total. The van der Waals surface area contributed by atoms with Gasteiger partial charge in [0, 0.05) is 6.08 Å². The Morgan fingerprint density at radius 3 is 2.77 bits per heavy atom. The van der Waals surface area contributed by atoms with E-state index in [2.05, 4.69) is 18.6 Å². The van der Waals surface area contributed by atoms with Gasteiger partial charge in [0.05, 0.1) is 7.11 Å². The van der Waals surface area contributed by atoms with Crippen LogP contribution in [0.3, 0.4) is 0 Å². The molecule has 13 heavy (non-hydrogen) atoms. The predicted molar refractivity (Wildman–Crippen MR) is 52.3 cm³/mol. The van der Waals surface area contributed by atoms with Crippen LogP contribution in [0.5, 0.6) is 0 Å². The molecule has 0 spiro atoms. The minimum absolute atomic E-state index is 0.212. The van der Waals surface area contributed by atoms with E-state index in [0.29, 0.717) is 5.92 Å². The number of carbonyl (C=O) groups excluding carboxylic acids is 1. The number of rotatable bonds is 1. The van der Waals surface area contributed by atoms with Gasteiger partial charge in [-0.2, -0.15) is 0 Å². The Hall–Kier alpha value is -0.790. The van der Waals surface area contributed by atoms with E-state index in [4.69, 9.17) is 0 Å². The molecule has 0 aromatic carbocycles. The van der Waals surface area contributed by atoms with Crippen molar-refractivity contribution in [1.29, 1.82) is 0 Å². The van der Waals surface area contributed by atoms with E-state index < -0.39 is 0 Å². The van der Waals surface area contributed by atoms with E-state index in [1.54, 1.807) is 6.08 Å². The SMILES string of the molecule is COC(=O)/C=C1/CCC(C)CC1C. The number of hydrogen-bond donors (Lipinski definition) is 0. The van der Waals surface area contributed by atoms with Crippen molar-refractivity contribution in [3.8, 4) is 0 Å². The van der Waals surface area contributed by atoms with Crippen LogP contribution in [0, 0.1) is 11.8 Å². The fraction of sp³-hybridized carbons (Fsp3) is 0.727. The molecule has 0 amide bonds. The molecule has 2 unspecified atom stereocenters. The summed E-state index contributed by atoms with van der Waals surface area (Å²) in [5, 5.41) is 0. The minimum Gasteiger partial charge on any atom is -0.466 e. The van der Waals surface area contributed by atoms with Gasteiger partial charge in [-0.1, -0.05) is 19.4 Å². The van der Waals surface area contributed by atoms with Gasteiger partial charge in [0.15, 0.2) is 0 Å². The first kappa shape index (κ1) is 10.3. The average Bonchev–Trinajstić information content (AvgIpc) is 2.09. The van der Waals surface area contributed by atoms with Gasteiger partial charge >= 0.3 is 5.97 Å². The van der Waals surface area contributed by atoms with E-state index in [1.165, 1.54) is 25.5 Å². The van der Waals surface area contributed by atoms with Crippen molar-refractivity contribution < 1.29 is 9.53 Å². The van der Waals surface area contributed by atoms with Crippen LogP contribution in [0.4, 0.5) is 0 Å². The first-order valence-corrected chi connectivity index (χ1v) is 4.92. The highest BCUT2D eigenvalue weighted by molar-refractivity contribution is 5.82. The van der Waals surface area contributed by atoms with E-state index in [-0.39, 0.29) is 5.97 Å². The Morgan fingerprint density at radius 1 is 1.54 bits per heavy atom. The highest BCUT2D eigenvalue weighted by Crippen LogP contribution is 2.32. The van der Waals surface area contributed by atoms with Crippen LogP contribution in [-0.4, -0.2) is 13.1 Å². The molecule has 0 bridgehead atoms. The molecular formula is C11H18O2. The molecule has 0 aromatic heterocycles. The summed E-state index contributed by atoms with van der Waals surface area (Å²) in [6.07, 6.45) is 5.12. The Balaban J connectivity index is 2.60. The van der Waals surface area contributed by atoms with Crippen LogP contribution in [0.2, 0.25) is 0 Å². The third-order valence-corrected chi connectivity index (χ3v) is 2.82. The van der Waals surface area contributed by atoms with E-state index in [9.17, 15) is 4.79 Å². The second kappa shape index (κ2) is 4.45. The summed E-state index contributed by atoms with van der Waals surface area (Å²) in [6, 6.07) is 0. The summed E-state index contributed by atoms with van der Waals surface area (Å²) in [5.41, 5.74) is 1.25. The Morgan fingerprint density at radius 2 is 2.23 bits per heavy atom. The number of hydrogen-bond acceptors (Lipinski definition) is 2. The summed E-state index contributed by atoms with van der Waals surface area (Å²) >= 11 is 0. The highest BCUT2D eigenvalue weighted by Gasteiger charge is 2.20. The van der Waals surface area contributed by atoms with Crippen LogP contribution < -0.4 is 0 Å². The van der Waals surface area contributed by atoms with Gasteiger partial charge in [0.25, 0.3) is 0 Å². The van der Waals surface area contributed by atoms with Crippen molar-refractivity contribution >= 4 is 5.97 Å². The Bertz CT molecular complexity index is 218. The second-order valence-corrected chi connectivity index (χ2v) is 4.02. The van der Waals surface area contributed by atoms with Crippen LogP contribution in [0.1, 0.15) is 33.1 Å². The maximum absolute atomic E-state index is 11.0. The maximum Gasteiger partial charge on any atom is 0.330 e. The summed E-state index contributed by atoms with van der Waals surface area (Å²) in [6.45, 7) is 4.45. The van der Waals surface area contributed by atoms with Gasteiger partial charge in [0.1, 0.15) is 0 Å². The van der Waals surface area contributed by atoms with E-state index in [1.807, 2.05) is 0 Å². The zero-order chi connectivity index (χ0) is 9.84. The molecule has 1 aliphatic rings. The first-order valence-electron chi connectivity index (χ1n) is 4.92. The minimum atomic E-state index is -0.212. The fourth-order valence-electron chi connectivity index (χ4n) is 1.96. The molecule has 0 saturated heterocycles. The van der Waals surface area contributed by atoms with Crippen LogP contribution in [-0.2, 0) is 9.53 Å². The molecule has 0 heterocycles. The van der Waals surface area contributed by atoms with Crippen LogP contribution >= 0.6 is 0 Å². The van der Waals surface area contributed by atoms with E-state index >= 15 is 0 Å². The van der Waals surface area contributed by atoms with Gasteiger partial charge in [-0.05, 0) is 31.1 Å². The quantitative estimate of drug-likeness (QED) is 0.460. The molecule has 1 fully saturated rings. The van der Waals surface area contributed by atoms with Gasteiger partial charge in [-0.25, -0.2) is 4.79 Å². The molecule has 0 N–H and O–H groups in total.